The van der Waals surface area contributed by atoms with Gasteiger partial charge in [-0.25, -0.2) is 0 Å². The van der Waals surface area contributed by atoms with E-state index in [0.29, 0.717) is 6.07 Å². The predicted molar refractivity (Wildman–Crippen MR) is 83.9 cm³/mol. The highest BCUT2D eigenvalue weighted by Gasteiger charge is 2.29. The Morgan fingerprint density at radius 2 is 1.24 bits per heavy atom. The molecule has 0 fully saturated rings. The molecule has 12 heteroatoms. The van der Waals surface area contributed by atoms with Crippen molar-refractivity contribution in [3.05, 3.63) is 35.9 Å². The van der Waals surface area contributed by atoms with Gasteiger partial charge in [-0.2, -0.15) is 16.8 Å². The van der Waals surface area contributed by atoms with Crippen LogP contribution in [0.15, 0.2) is 40.1 Å². The zero-order chi connectivity index (χ0) is 19.6. The van der Waals surface area contributed by atoms with Crippen molar-refractivity contribution in [2.24, 2.45) is 0 Å². The minimum Gasteiger partial charge on any atom is -0.508 e. The molecule has 0 aliphatic heterocycles. The molecule has 25 heavy (non-hydrogen) atoms. The van der Waals surface area contributed by atoms with Crippen molar-refractivity contribution in [2.45, 2.75) is 16.7 Å². The number of hydrogen-bond donors (Lipinski definition) is 6. The number of aromatic hydroxyl groups is 4. The molecule has 6 N–H and O–H groups in total. The minimum atomic E-state index is -5.04. The number of phenolic OH excluding ortho intramolecular Hbond substituents is 4. The summed E-state index contributed by atoms with van der Waals surface area (Å²) in [6.07, 6.45) is 0. The van der Waals surface area contributed by atoms with Gasteiger partial charge in [0.05, 0.1) is 0 Å². The number of aryl methyl sites for hydroxylation is 1. The monoisotopic (exact) mass is 394 g/mol. The molecule has 0 aliphatic carbocycles. The third-order valence-electron chi connectivity index (χ3n) is 2.75. The normalized spacial score (nSPS) is 11.5. The van der Waals surface area contributed by atoms with Gasteiger partial charge in [-0.05, 0) is 30.7 Å². The van der Waals surface area contributed by atoms with Crippen LogP contribution in [0, 0.1) is 6.92 Å². The second-order valence-electron chi connectivity index (χ2n) is 4.69. The quantitative estimate of drug-likeness (QED) is 0.401. The van der Waals surface area contributed by atoms with Gasteiger partial charge in [-0.15, -0.1) is 0 Å². The Bertz CT molecular complexity index is 976. The molecule has 2 aromatic rings. The number of hydrogen-bond acceptors (Lipinski definition) is 8. The molecule has 0 saturated heterocycles. The van der Waals surface area contributed by atoms with E-state index in [9.17, 15) is 27.0 Å². The maximum absolute atomic E-state index is 10.9. The van der Waals surface area contributed by atoms with Gasteiger partial charge in [0.15, 0.2) is 10.6 Å². The molecule has 2 rings (SSSR count). The molecule has 0 unspecified atom stereocenters. The van der Waals surface area contributed by atoms with E-state index in [-0.39, 0.29) is 17.1 Å². The Kier molecular flexibility index (Phi) is 5.86. The van der Waals surface area contributed by atoms with E-state index in [0.717, 1.165) is 6.92 Å². The van der Waals surface area contributed by atoms with E-state index < -0.39 is 41.5 Å². The average molecular weight is 394 g/mol. The molecule has 0 bridgehead atoms. The summed E-state index contributed by atoms with van der Waals surface area (Å²) < 4.78 is 60.9. The Morgan fingerprint density at radius 3 is 1.56 bits per heavy atom. The van der Waals surface area contributed by atoms with Crippen LogP contribution in [0.2, 0.25) is 0 Å². The predicted octanol–water partition coefficient (Wildman–Crippen LogP) is 0.997. The van der Waals surface area contributed by atoms with Crippen molar-refractivity contribution in [1.29, 1.82) is 0 Å². The smallest absolute Gasteiger partial charge is 0.302 e. The third-order valence-corrected chi connectivity index (χ3v) is 4.52. The summed E-state index contributed by atoms with van der Waals surface area (Å²) >= 11 is 0. The molecular weight excluding hydrogens is 380 g/mol. The van der Waals surface area contributed by atoms with Crippen molar-refractivity contribution in [1.82, 2.24) is 0 Å². The Labute approximate surface area is 142 Å². The van der Waals surface area contributed by atoms with Crippen LogP contribution in [0.25, 0.3) is 0 Å². The lowest BCUT2D eigenvalue weighted by Crippen LogP contribution is -2.06. The summed E-state index contributed by atoms with van der Waals surface area (Å²) in [5.74, 6) is -2.27. The lowest BCUT2D eigenvalue weighted by atomic mass is 10.2. The van der Waals surface area contributed by atoms with Crippen LogP contribution < -0.4 is 0 Å². The summed E-state index contributed by atoms with van der Waals surface area (Å²) in [7, 11) is -9.94. The van der Waals surface area contributed by atoms with E-state index in [4.69, 9.17) is 19.3 Å². The molecule has 138 valence electrons. The first kappa shape index (κ1) is 20.5. The fourth-order valence-electron chi connectivity index (χ4n) is 1.67. The van der Waals surface area contributed by atoms with E-state index in [1.54, 1.807) is 6.07 Å². The van der Waals surface area contributed by atoms with E-state index in [2.05, 4.69) is 0 Å². The maximum atomic E-state index is 10.9. The third kappa shape index (κ3) is 5.22. The zero-order valence-corrected chi connectivity index (χ0v) is 14.2. The highest BCUT2D eigenvalue weighted by molar-refractivity contribution is 7.87. The second kappa shape index (κ2) is 7.14. The molecule has 0 saturated carbocycles. The topological polar surface area (TPSA) is 190 Å². The summed E-state index contributed by atoms with van der Waals surface area (Å²) in [5.41, 5.74) is -0.261. The standard InChI is InChI=1S/C7H8O8S2.C6H6O2/c1-3-2-4(16(10,11)12)6(9)7(5(3)8)17(13,14)15;7-5-2-1-3-6(8)4-5/h2,8-9H,1H3,(H,10,11,12)(H,13,14,15);1-4,7-8H. The van der Waals surface area contributed by atoms with Crippen LogP contribution in [-0.4, -0.2) is 46.4 Å². The van der Waals surface area contributed by atoms with Crippen LogP contribution >= 0.6 is 0 Å². The van der Waals surface area contributed by atoms with Crippen molar-refractivity contribution in [3.63, 3.8) is 0 Å². The van der Waals surface area contributed by atoms with Crippen LogP contribution in [0.3, 0.4) is 0 Å². The zero-order valence-electron chi connectivity index (χ0n) is 12.5. The van der Waals surface area contributed by atoms with Gasteiger partial charge in [0, 0.05) is 6.07 Å². The fraction of sp³-hybridized carbons (Fsp3) is 0.0769. The van der Waals surface area contributed by atoms with E-state index in [1.165, 1.54) is 18.2 Å². The highest BCUT2D eigenvalue weighted by atomic mass is 32.2. The van der Waals surface area contributed by atoms with Gasteiger partial charge in [0.2, 0.25) is 0 Å². The van der Waals surface area contributed by atoms with Crippen LogP contribution in [-0.2, 0) is 20.2 Å². The van der Waals surface area contributed by atoms with Crippen LogP contribution in [0.5, 0.6) is 23.0 Å². The second-order valence-corrected chi connectivity index (χ2v) is 7.44. The lowest BCUT2D eigenvalue weighted by Gasteiger charge is -2.10. The Morgan fingerprint density at radius 1 is 0.760 bits per heavy atom. The van der Waals surface area contributed by atoms with Gasteiger partial charge in [-0.3, -0.25) is 9.11 Å². The van der Waals surface area contributed by atoms with Crippen molar-refractivity contribution in [2.75, 3.05) is 0 Å². The summed E-state index contributed by atoms with van der Waals surface area (Å²) in [6.45, 7) is 1.12. The molecule has 2 aromatic carbocycles. The molecule has 0 aromatic heterocycles. The van der Waals surface area contributed by atoms with Crippen LogP contribution in [0.1, 0.15) is 5.56 Å². The molecule has 0 atom stereocenters. The summed E-state index contributed by atoms with van der Waals surface area (Å²) in [4.78, 5) is -2.49. The molecular formula is C13H14O10S2. The van der Waals surface area contributed by atoms with Gasteiger partial charge in [-0.1, -0.05) is 6.07 Å². The molecule has 0 aliphatic rings. The molecule has 0 spiro atoms. The van der Waals surface area contributed by atoms with Gasteiger partial charge in [0.1, 0.15) is 22.1 Å². The van der Waals surface area contributed by atoms with E-state index >= 15 is 0 Å². The fourth-order valence-corrected chi connectivity index (χ4v) is 3.17. The van der Waals surface area contributed by atoms with Gasteiger partial charge < -0.3 is 20.4 Å². The average Bonchev–Trinajstić information content (AvgIpc) is 2.40. The summed E-state index contributed by atoms with van der Waals surface area (Å²) in [6, 6.07) is 6.51. The molecule has 0 amide bonds. The molecule has 0 heterocycles. The maximum Gasteiger partial charge on any atom is 0.302 e. The van der Waals surface area contributed by atoms with Crippen molar-refractivity contribution >= 4 is 20.2 Å². The molecule has 10 nitrogen and oxygen atoms in total. The number of phenols is 4. The van der Waals surface area contributed by atoms with Gasteiger partial charge in [0.25, 0.3) is 10.1 Å². The van der Waals surface area contributed by atoms with E-state index in [1.807, 2.05) is 0 Å². The first-order valence-electron chi connectivity index (χ1n) is 6.23. The number of benzene rings is 2. The highest BCUT2D eigenvalue weighted by Crippen LogP contribution is 2.39. The lowest BCUT2D eigenvalue weighted by molar-refractivity contribution is 0.395. The first-order chi connectivity index (χ1) is 11.2. The van der Waals surface area contributed by atoms with Crippen molar-refractivity contribution in [3.8, 4) is 23.0 Å². The van der Waals surface area contributed by atoms with Crippen molar-refractivity contribution < 1.29 is 46.4 Å². The number of rotatable bonds is 2. The SMILES string of the molecule is Cc1cc(S(=O)(=O)O)c(O)c(S(=O)(=O)O)c1O.Oc1cccc(O)c1. The minimum absolute atomic E-state index is 0.0880. The van der Waals surface area contributed by atoms with Crippen LogP contribution in [0.4, 0.5) is 0 Å². The Balaban J connectivity index is 0.000000324. The molecule has 0 radical (unpaired) electrons. The summed E-state index contributed by atoms with van der Waals surface area (Å²) in [5, 5.41) is 36.0. The largest absolute Gasteiger partial charge is 0.508 e. The first-order valence-corrected chi connectivity index (χ1v) is 9.11. The Hall–Kier alpha value is -2.54. The van der Waals surface area contributed by atoms with Gasteiger partial charge >= 0.3 is 10.1 Å².